The molecule has 21 heavy (non-hydrogen) atoms. The van der Waals surface area contributed by atoms with Crippen molar-refractivity contribution in [3.8, 4) is 23.0 Å². The van der Waals surface area contributed by atoms with Crippen molar-refractivity contribution in [3.05, 3.63) is 42.4 Å². The summed E-state index contributed by atoms with van der Waals surface area (Å²) in [6.07, 6.45) is 1.52. The van der Waals surface area contributed by atoms with E-state index in [1.54, 1.807) is 16.4 Å². The minimum atomic E-state index is 0.0113. The molecule has 7 heteroatoms. The third-order valence-electron chi connectivity index (χ3n) is 2.82. The molecular formula is C14H14N4O2S. The van der Waals surface area contributed by atoms with Gasteiger partial charge in [0.1, 0.15) is 0 Å². The topological polar surface area (TPSA) is 77.0 Å². The first-order valence-corrected chi connectivity index (χ1v) is 7.68. The first-order chi connectivity index (χ1) is 10.3. The lowest BCUT2D eigenvalue weighted by Crippen LogP contribution is -1.94. The van der Waals surface area contributed by atoms with Crippen molar-refractivity contribution >= 4 is 11.8 Å². The van der Waals surface area contributed by atoms with Crippen molar-refractivity contribution in [3.63, 3.8) is 0 Å². The molecule has 0 saturated heterocycles. The average Bonchev–Trinajstić information content (AvgIpc) is 3.12. The fourth-order valence-corrected chi connectivity index (χ4v) is 2.34. The number of rotatable bonds is 5. The second kappa shape index (κ2) is 6.01. The summed E-state index contributed by atoms with van der Waals surface area (Å²) in [6.45, 7) is 2.07. The Morgan fingerprint density at radius 3 is 2.86 bits per heavy atom. The Bertz CT molecular complexity index is 724. The van der Waals surface area contributed by atoms with Crippen molar-refractivity contribution in [2.45, 2.75) is 12.7 Å². The van der Waals surface area contributed by atoms with E-state index in [0.29, 0.717) is 17.3 Å². The Labute approximate surface area is 125 Å². The van der Waals surface area contributed by atoms with Crippen LogP contribution >= 0.6 is 11.8 Å². The lowest BCUT2D eigenvalue weighted by molar-refractivity contribution is 0.418. The number of aromatic nitrogens is 4. The monoisotopic (exact) mass is 302 g/mol. The van der Waals surface area contributed by atoms with Gasteiger partial charge in [0.05, 0.1) is 17.6 Å². The zero-order chi connectivity index (χ0) is 14.7. The summed E-state index contributed by atoms with van der Waals surface area (Å²) in [7, 11) is 0. The summed E-state index contributed by atoms with van der Waals surface area (Å²) in [4.78, 5) is 4.25. The number of thioether (sulfide) groups is 1. The van der Waals surface area contributed by atoms with Crippen LogP contribution in [0.15, 0.2) is 41.1 Å². The van der Waals surface area contributed by atoms with Crippen LogP contribution in [0.5, 0.6) is 5.75 Å². The maximum absolute atomic E-state index is 10.0. The van der Waals surface area contributed by atoms with Crippen LogP contribution in [-0.2, 0) is 5.75 Å². The first-order valence-electron chi connectivity index (χ1n) is 6.52. The van der Waals surface area contributed by atoms with Crippen LogP contribution in [-0.4, -0.2) is 30.8 Å². The van der Waals surface area contributed by atoms with Crippen LogP contribution in [0.2, 0.25) is 0 Å². The number of aromatic hydroxyl groups is 1. The summed E-state index contributed by atoms with van der Waals surface area (Å²) in [5.74, 6) is 2.51. The number of para-hydroxylation sites is 1. The van der Waals surface area contributed by atoms with Crippen LogP contribution in [0.4, 0.5) is 0 Å². The Morgan fingerprint density at radius 1 is 1.29 bits per heavy atom. The molecule has 6 nitrogen and oxygen atoms in total. The number of hydrogen-bond acceptors (Lipinski definition) is 6. The molecule has 3 aromatic rings. The van der Waals surface area contributed by atoms with E-state index in [4.69, 9.17) is 4.52 Å². The number of nitrogens with zero attached hydrogens (tertiary/aromatic N) is 4. The summed E-state index contributed by atoms with van der Waals surface area (Å²) >= 11 is 1.70. The van der Waals surface area contributed by atoms with E-state index >= 15 is 0 Å². The van der Waals surface area contributed by atoms with Crippen molar-refractivity contribution in [2.75, 3.05) is 5.75 Å². The summed E-state index contributed by atoms with van der Waals surface area (Å²) < 4.78 is 6.75. The summed E-state index contributed by atoms with van der Waals surface area (Å²) in [5.41, 5.74) is 1.14. The molecule has 0 bridgehead atoms. The molecule has 0 radical (unpaired) electrons. The van der Waals surface area contributed by atoms with Gasteiger partial charge in [-0.3, -0.25) is 0 Å². The molecule has 0 aliphatic heterocycles. The van der Waals surface area contributed by atoms with Gasteiger partial charge in [-0.2, -0.15) is 21.8 Å². The Hall–Kier alpha value is -2.28. The fraction of sp³-hybridized carbons (Fsp3) is 0.214. The van der Waals surface area contributed by atoms with Crippen molar-refractivity contribution < 1.29 is 9.63 Å². The highest BCUT2D eigenvalue weighted by molar-refractivity contribution is 7.98. The lowest BCUT2D eigenvalue weighted by Gasteiger charge is -1.98. The SMILES string of the molecule is CCSCc1noc(-c2nn(-c3ccccc3)cc2O)n1. The molecule has 0 amide bonds. The molecule has 1 aromatic carbocycles. The molecule has 3 rings (SSSR count). The van der Waals surface area contributed by atoms with Crippen LogP contribution in [0.25, 0.3) is 17.3 Å². The number of hydrogen-bond donors (Lipinski definition) is 1. The summed E-state index contributed by atoms with van der Waals surface area (Å²) in [6, 6.07) is 9.52. The van der Waals surface area contributed by atoms with E-state index in [0.717, 1.165) is 11.4 Å². The van der Waals surface area contributed by atoms with E-state index in [1.807, 2.05) is 30.3 Å². The maximum atomic E-state index is 10.0. The lowest BCUT2D eigenvalue weighted by atomic mass is 10.3. The third kappa shape index (κ3) is 2.92. The molecule has 0 atom stereocenters. The quantitative estimate of drug-likeness (QED) is 0.781. The number of benzene rings is 1. The van der Waals surface area contributed by atoms with Crippen molar-refractivity contribution in [2.24, 2.45) is 0 Å². The highest BCUT2D eigenvalue weighted by atomic mass is 32.2. The van der Waals surface area contributed by atoms with Gasteiger partial charge in [0.25, 0.3) is 5.89 Å². The van der Waals surface area contributed by atoms with Crippen LogP contribution in [0.1, 0.15) is 12.7 Å². The fourth-order valence-electron chi connectivity index (χ4n) is 1.83. The first kappa shape index (κ1) is 13.7. The van der Waals surface area contributed by atoms with Gasteiger partial charge >= 0.3 is 0 Å². The highest BCUT2D eigenvalue weighted by Crippen LogP contribution is 2.27. The Morgan fingerprint density at radius 2 is 2.10 bits per heavy atom. The van der Waals surface area contributed by atoms with Gasteiger partial charge in [-0.1, -0.05) is 30.3 Å². The van der Waals surface area contributed by atoms with Crippen LogP contribution < -0.4 is 0 Å². The largest absolute Gasteiger partial charge is 0.504 e. The maximum Gasteiger partial charge on any atom is 0.282 e. The van der Waals surface area contributed by atoms with E-state index in [9.17, 15) is 5.11 Å². The van der Waals surface area contributed by atoms with Crippen LogP contribution in [0, 0.1) is 0 Å². The van der Waals surface area contributed by atoms with E-state index in [1.165, 1.54) is 6.20 Å². The molecule has 0 saturated carbocycles. The van der Waals surface area contributed by atoms with Crippen molar-refractivity contribution in [1.82, 2.24) is 19.9 Å². The van der Waals surface area contributed by atoms with Gasteiger partial charge in [-0.05, 0) is 17.9 Å². The molecule has 1 N–H and O–H groups in total. The van der Waals surface area contributed by atoms with Gasteiger partial charge in [0.2, 0.25) is 0 Å². The van der Waals surface area contributed by atoms with Gasteiger partial charge < -0.3 is 9.63 Å². The van der Waals surface area contributed by atoms with Gasteiger partial charge in [-0.25, -0.2) is 4.68 Å². The third-order valence-corrected chi connectivity index (χ3v) is 3.69. The average molecular weight is 302 g/mol. The van der Waals surface area contributed by atoms with Gasteiger partial charge in [0, 0.05) is 0 Å². The second-order valence-corrected chi connectivity index (χ2v) is 5.57. The molecule has 0 unspecified atom stereocenters. The molecule has 108 valence electrons. The normalized spacial score (nSPS) is 10.9. The Balaban J connectivity index is 1.89. The zero-order valence-electron chi connectivity index (χ0n) is 11.4. The minimum absolute atomic E-state index is 0.0113. The summed E-state index contributed by atoms with van der Waals surface area (Å²) in [5, 5.41) is 18.2. The van der Waals surface area contributed by atoms with E-state index in [2.05, 4.69) is 22.2 Å². The predicted octanol–water partition coefficient (Wildman–Crippen LogP) is 2.88. The van der Waals surface area contributed by atoms with Gasteiger partial charge in [-0.15, -0.1) is 0 Å². The molecule has 0 fully saturated rings. The predicted molar refractivity (Wildman–Crippen MR) is 80.4 cm³/mol. The van der Waals surface area contributed by atoms with Gasteiger partial charge in [0.15, 0.2) is 17.3 Å². The smallest absolute Gasteiger partial charge is 0.282 e. The molecule has 0 aliphatic carbocycles. The molecule has 2 aromatic heterocycles. The van der Waals surface area contributed by atoms with E-state index in [-0.39, 0.29) is 11.6 Å². The second-order valence-electron chi connectivity index (χ2n) is 4.30. The molecule has 0 spiro atoms. The zero-order valence-corrected chi connectivity index (χ0v) is 12.2. The van der Waals surface area contributed by atoms with E-state index < -0.39 is 0 Å². The molecule has 2 heterocycles. The molecule has 0 aliphatic rings. The standard InChI is InChI=1S/C14H14N4O2S/c1-2-21-9-12-15-14(20-17-12)13-11(19)8-18(16-13)10-6-4-3-5-7-10/h3-8,19H,2,9H2,1H3. The Kier molecular flexibility index (Phi) is 3.92. The minimum Gasteiger partial charge on any atom is -0.504 e. The highest BCUT2D eigenvalue weighted by Gasteiger charge is 2.17. The van der Waals surface area contributed by atoms with Crippen molar-refractivity contribution in [1.29, 1.82) is 0 Å². The molecular weight excluding hydrogens is 288 g/mol. The van der Waals surface area contributed by atoms with Crippen LogP contribution in [0.3, 0.4) is 0 Å².